The number of halogens is 3. The van der Waals surface area contributed by atoms with Crippen LogP contribution in [0.5, 0.6) is 0 Å². The Morgan fingerprint density at radius 2 is 1.90 bits per heavy atom. The summed E-state index contributed by atoms with van der Waals surface area (Å²) in [6.45, 7) is 1.50. The van der Waals surface area contributed by atoms with Crippen LogP contribution in [0.1, 0.15) is 31.2 Å². The van der Waals surface area contributed by atoms with Gasteiger partial charge in [-0.3, -0.25) is 24.6 Å². The number of nitrogens with zero attached hydrogens (tertiary/aromatic N) is 1. The minimum Gasteiger partial charge on any atom is -0.381 e. The van der Waals surface area contributed by atoms with E-state index in [0.717, 1.165) is 19.1 Å². The number of alkyl halides is 2. The summed E-state index contributed by atoms with van der Waals surface area (Å²) < 4.78 is 48.3. The van der Waals surface area contributed by atoms with Crippen LogP contribution in [0.25, 0.3) is 0 Å². The van der Waals surface area contributed by atoms with Crippen molar-refractivity contribution in [2.75, 3.05) is 13.2 Å². The molecule has 0 saturated carbocycles. The average Bonchev–Trinajstić information content (AvgIpc) is 2.67. The first-order valence-corrected chi connectivity index (χ1v) is 9.07. The lowest BCUT2D eigenvalue weighted by molar-refractivity contribution is -0.162. The standard InChI is InChI=1S/C19H19F3N2O5/c1-10(11-3-2-4-12(20)9-11)19(21,22)15(25)14-16(26)23-18(28)24(17(14)27)13-5-7-29-8-6-13/h2-4,9-10,13-14H,5-8H2,1H3,(H,23,26,28)/t10-,14?/m0/s1. The van der Waals surface area contributed by atoms with E-state index in [1.54, 1.807) is 0 Å². The number of carbonyl (C=O) groups excluding carboxylic acids is 4. The molecule has 0 radical (unpaired) electrons. The molecule has 10 heteroatoms. The summed E-state index contributed by atoms with van der Waals surface area (Å²) >= 11 is 0. The van der Waals surface area contributed by atoms with Gasteiger partial charge in [0.25, 0.3) is 5.91 Å². The van der Waals surface area contributed by atoms with Crippen LogP contribution in [0.3, 0.4) is 0 Å². The van der Waals surface area contributed by atoms with Gasteiger partial charge < -0.3 is 4.74 Å². The summed E-state index contributed by atoms with van der Waals surface area (Å²) in [5, 5.41) is 1.82. The fourth-order valence-corrected chi connectivity index (χ4v) is 3.50. The minimum absolute atomic E-state index is 0.163. The van der Waals surface area contributed by atoms with Crippen LogP contribution in [0.15, 0.2) is 24.3 Å². The Morgan fingerprint density at radius 3 is 2.52 bits per heavy atom. The zero-order chi connectivity index (χ0) is 21.3. The van der Waals surface area contributed by atoms with E-state index >= 15 is 0 Å². The highest BCUT2D eigenvalue weighted by molar-refractivity contribution is 6.27. The van der Waals surface area contributed by atoms with Crippen molar-refractivity contribution in [1.82, 2.24) is 10.2 Å². The number of nitrogens with one attached hydrogen (secondary N) is 1. The van der Waals surface area contributed by atoms with Crippen LogP contribution in [-0.2, 0) is 19.1 Å². The third-order valence-corrected chi connectivity index (χ3v) is 5.23. The van der Waals surface area contributed by atoms with Crippen molar-refractivity contribution in [3.05, 3.63) is 35.6 Å². The predicted molar refractivity (Wildman–Crippen MR) is 92.5 cm³/mol. The second kappa shape index (κ2) is 7.94. The van der Waals surface area contributed by atoms with Gasteiger partial charge in [-0.1, -0.05) is 19.1 Å². The number of imide groups is 2. The Kier molecular flexibility index (Phi) is 5.74. The minimum atomic E-state index is -4.15. The number of rotatable bonds is 5. The van der Waals surface area contributed by atoms with Crippen molar-refractivity contribution in [1.29, 1.82) is 0 Å². The van der Waals surface area contributed by atoms with Gasteiger partial charge in [-0.25, -0.2) is 9.18 Å². The molecule has 0 bridgehead atoms. The molecule has 0 aromatic heterocycles. The van der Waals surface area contributed by atoms with Crippen molar-refractivity contribution < 1.29 is 37.1 Å². The number of Topliss-reactive ketones (excluding diaryl/α,β-unsaturated/α-hetero) is 1. The lowest BCUT2D eigenvalue weighted by atomic mass is 9.85. The van der Waals surface area contributed by atoms with Crippen LogP contribution < -0.4 is 5.32 Å². The first kappa shape index (κ1) is 21.0. The number of hydrogen-bond donors (Lipinski definition) is 1. The highest BCUT2D eigenvalue weighted by atomic mass is 19.3. The molecule has 2 fully saturated rings. The van der Waals surface area contributed by atoms with Gasteiger partial charge >= 0.3 is 12.0 Å². The third-order valence-electron chi connectivity index (χ3n) is 5.23. The second-order valence-corrected chi connectivity index (χ2v) is 7.04. The fourth-order valence-electron chi connectivity index (χ4n) is 3.50. The largest absolute Gasteiger partial charge is 0.381 e. The zero-order valence-electron chi connectivity index (χ0n) is 15.5. The van der Waals surface area contributed by atoms with Gasteiger partial charge in [-0.15, -0.1) is 0 Å². The van der Waals surface area contributed by atoms with Crippen LogP contribution in [-0.4, -0.2) is 53.7 Å². The lowest BCUT2D eigenvalue weighted by Crippen LogP contribution is -2.64. The van der Waals surface area contributed by atoms with E-state index in [9.17, 15) is 32.3 Å². The quantitative estimate of drug-likeness (QED) is 0.747. The molecule has 2 aliphatic heterocycles. The van der Waals surface area contributed by atoms with Gasteiger partial charge in [0.15, 0.2) is 5.92 Å². The number of urea groups is 1. The monoisotopic (exact) mass is 412 g/mol. The maximum Gasteiger partial charge on any atom is 0.331 e. The van der Waals surface area contributed by atoms with Gasteiger partial charge in [0.2, 0.25) is 11.7 Å². The highest BCUT2D eigenvalue weighted by Gasteiger charge is 2.56. The Hall–Kier alpha value is -2.75. The molecule has 7 nitrogen and oxygen atoms in total. The average molecular weight is 412 g/mol. The van der Waals surface area contributed by atoms with Crippen molar-refractivity contribution in [3.63, 3.8) is 0 Å². The van der Waals surface area contributed by atoms with Crippen LogP contribution in [0.2, 0.25) is 0 Å². The van der Waals surface area contributed by atoms with Gasteiger partial charge in [0.1, 0.15) is 5.82 Å². The second-order valence-electron chi connectivity index (χ2n) is 7.04. The molecule has 0 aliphatic carbocycles. The lowest BCUT2D eigenvalue weighted by Gasteiger charge is -2.38. The number of hydrogen-bond acceptors (Lipinski definition) is 5. The molecule has 2 saturated heterocycles. The van der Waals surface area contributed by atoms with E-state index in [4.69, 9.17) is 4.74 Å². The summed E-state index contributed by atoms with van der Waals surface area (Å²) in [4.78, 5) is 50.2. The number of amides is 4. The van der Waals surface area contributed by atoms with Crippen molar-refractivity contribution in [2.45, 2.75) is 37.6 Å². The summed E-state index contributed by atoms with van der Waals surface area (Å²) in [5.41, 5.74) is -0.163. The summed E-state index contributed by atoms with van der Waals surface area (Å²) in [6, 6.07) is 2.64. The molecular formula is C19H19F3N2O5. The smallest absolute Gasteiger partial charge is 0.331 e. The first-order chi connectivity index (χ1) is 13.6. The van der Waals surface area contributed by atoms with E-state index in [1.165, 1.54) is 12.1 Å². The normalized spacial score (nSPS) is 22.4. The molecule has 1 unspecified atom stereocenters. The van der Waals surface area contributed by atoms with E-state index < -0.39 is 53.2 Å². The topological polar surface area (TPSA) is 92.8 Å². The van der Waals surface area contributed by atoms with Crippen LogP contribution in [0, 0.1) is 11.7 Å². The molecule has 2 aliphatic rings. The summed E-state index contributed by atoms with van der Waals surface area (Å²) in [5.74, 6) is -13.7. The Bertz CT molecular complexity index is 854. The maximum atomic E-state index is 14.9. The van der Waals surface area contributed by atoms with Crippen LogP contribution in [0.4, 0.5) is 18.0 Å². The van der Waals surface area contributed by atoms with Crippen LogP contribution >= 0.6 is 0 Å². The number of carbonyl (C=O) groups is 4. The Morgan fingerprint density at radius 1 is 1.24 bits per heavy atom. The number of ether oxygens (including phenoxy) is 1. The van der Waals surface area contributed by atoms with Gasteiger partial charge in [-0.05, 0) is 30.5 Å². The van der Waals surface area contributed by atoms with Gasteiger partial charge in [0.05, 0.1) is 5.92 Å². The molecular weight excluding hydrogens is 393 g/mol. The van der Waals surface area contributed by atoms with Gasteiger partial charge in [-0.2, -0.15) is 8.78 Å². The highest BCUT2D eigenvalue weighted by Crippen LogP contribution is 2.37. The fraction of sp³-hybridized carbons (Fsp3) is 0.474. The molecule has 29 heavy (non-hydrogen) atoms. The summed E-state index contributed by atoms with van der Waals surface area (Å²) in [6.07, 6.45) is 0.536. The molecule has 1 aromatic carbocycles. The number of benzene rings is 1. The van der Waals surface area contributed by atoms with Crippen molar-refractivity contribution in [2.24, 2.45) is 5.92 Å². The molecule has 4 amide bonds. The van der Waals surface area contributed by atoms with E-state index in [2.05, 4.69) is 0 Å². The molecule has 3 rings (SSSR count). The van der Waals surface area contributed by atoms with E-state index in [0.29, 0.717) is 4.90 Å². The van der Waals surface area contributed by atoms with E-state index in [1.807, 2.05) is 5.32 Å². The number of barbiturate groups is 1. The summed E-state index contributed by atoms with van der Waals surface area (Å²) in [7, 11) is 0. The van der Waals surface area contributed by atoms with Gasteiger partial charge in [0, 0.05) is 19.3 Å². The maximum absolute atomic E-state index is 14.9. The molecule has 2 atom stereocenters. The Labute approximate surface area is 164 Å². The first-order valence-electron chi connectivity index (χ1n) is 9.07. The molecule has 0 spiro atoms. The Balaban J connectivity index is 1.88. The number of ketones is 1. The van der Waals surface area contributed by atoms with Crippen molar-refractivity contribution >= 4 is 23.6 Å². The predicted octanol–water partition coefficient (Wildman–Crippen LogP) is 2.01. The molecule has 1 aromatic rings. The third kappa shape index (κ3) is 3.89. The zero-order valence-corrected chi connectivity index (χ0v) is 15.5. The van der Waals surface area contributed by atoms with E-state index in [-0.39, 0.29) is 31.6 Å². The molecule has 156 valence electrons. The molecule has 2 heterocycles. The van der Waals surface area contributed by atoms with Crippen molar-refractivity contribution in [3.8, 4) is 0 Å². The molecule has 1 N–H and O–H groups in total. The SMILES string of the molecule is C[C@@H](c1cccc(F)c1)C(F)(F)C(=O)C1C(=O)NC(=O)N(C2CCOCC2)C1=O.